The molecule has 0 bridgehead atoms. The number of unbranched alkanes of at least 4 members (excludes halogenated alkanes) is 3. The zero-order valence-corrected chi connectivity index (χ0v) is 19.5. The lowest BCUT2D eigenvalue weighted by molar-refractivity contribution is -0.178. The van der Waals surface area contributed by atoms with Crippen molar-refractivity contribution in [3.8, 4) is 0 Å². The Kier molecular flexibility index (Phi) is 19.3. The number of carbonyl (C=O) groups is 5. The van der Waals surface area contributed by atoms with Crippen molar-refractivity contribution in [2.45, 2.75) is 77.7 Å². The van der Waals surface area contributed by atoms with Gasteiger partial charge in [-0.1, -0.05) is 40.0 Å². The van der Waals surface area contributed by atoms with Crippen molar-refractivity contribution in [1.29, 1.82) is 0 Å². The highest BCUT2D eigenvalue weighted by Crippen LogP contribution is 2.20. The molecule has 0 radical (unpaired) electrons. The first-order chi connectivity index (χ1) is 15.5. The van der Waals surface area contributed by atoms with Gasteiger partial charge in [-0.3, -0.25) is 9.59 Å². The van der Waals surface area contributed by atoms with E-state index in [9.17, 15) is 29.1 Å². The van der Waals surface area contributed by atoms with Crippen LogP contribution in [-0.4, -0.2) is 70.6 Å². The van der Waals surface area contributed by atoms with Crippen LogP contribution in [0, 0.1) is 0 Å². The monoisotopic (exact) mass is 476 g/mol. The maximum atomic E-state index is 12.2. The summed E-state index contributed by atoms with van der Waals surface area (Å²) in [6.45, 7) is 6.35. The van der Waals surface area contributed by atoms with Gasteiger partial charge in [0.25, 0.3) is 0 Å². The molecule has 0 rings (SSSR count). The molecule has 0 saturated carbocycles. The molecule has 0 aromatic heterocycles. The van der Waals surface area contributed by atoms with Gasteiger partial charge in [-0.05, 0) is 19.3 Å². The second kappa shape index (κ2) is 19.7. The summed E-state index contributed by atoms with van der Waals surface area (Å²) >= 11 is 0. The van der Waals surface area contributed by atoms with Gasteiger partial charge in [0.2, 0.25) is 0 Å². The van der Waals surface area contributed by atoms with Gasteiger partial charge in [0.1, 0.15) is 0 Å². The largest absolute Gasteiger partial charge is 0.478 e. The van der Waals surface area contributed by atoms with Gasteiger partial charge in [0.15, 0.2) is 5.60 Å². The quantitative estimate of drug-likeness (QED) is 0.129. The van der Waals surface area contributed by atoms with Crippen molar-refractivity contribution >= 4 is 29.8 Å². The maximum Gasteiger partial charge on any atom is 0.339 e. The fraction of sp³-hybridized carbons (Fsp3) is 0.682. The molecule has 11 heteroatoms. The van der Waals surface area contributed by atoms with Crippen molar-refractivity contribution in [2.24, 2.45) is 0 Å². The Morgan fingerprint density at radius 3 is 1.30 bits per heavy atom. The van der Waals surface area contributed by atoms with Crippen LogP contribution in [0.25, 0.3) is 0 Å². The number of carboxylic acid groups (broad SMARTS) is 2. The average Bonchev–Trinajstić information content (AvgIpc) is 2.73. The van der Waals surface area contributed by atoms with E-state index in [1.165, 1.54) is 0 Å². The Bertz CT molecular complexity index is 600. The molecule has 0 aromatic carbocycles. The second-order valence-corrected chi connectivity index (χ2v) is 7.03. The minimum Gasteiger partial charge on any atom is -0.478 e. The smallest absolute Gasteiger partial charge is 0.339 e. The van der Waals surface area contributed by atoms with Crippen LogP contribution < -0.4 is 0 Å². The predicted octanol–water partition coefficient (Wildman–Crippen LogP) is 2.24. The lowest BCUT2D eigenvalue weighted by Crippen LogP contribution is -2.45. The van der Waals surface area contributed by atoms with Crippen LogP contribution in [0.2, 0.25) is 0 Å². The Labute approximate surface area is 193 Å². The summed E-state index contributed by atoms with van der Waals surface area (Å²) in [6.07, 6.45) is 4.35. The molecule has 0 saturated heterocycles. The average molecular weight is 477 g/mol. The number of ether oxygens (including phenoxy) is 3. The Morgan fingerprint density at radius 1 is 0.667 bits per heavy atom. The first kappa shape index (κ1) is 32.2. The maximum absolute atomic E-state index is 12.2. The summed E-state index contributed by atoms with van der Waals surface area (Å²) in [5, 5.41) is 26.2. The zero-order valence-electron chi connectivity index (χ0n) is 19.5. The number of aliphatic hydroxyl groups is 1. The molecule has 0 aliphatic rings. The molecular formula is C22H36O11. The highest BCUT2D eigenvalue weighted by atomic mass is 16.6. The summed E-state index contributed by atoms with van der Waals surface area (Å²) in [6, 6.07) is 0. The Hall–Kier alpha value is -2.95. The normalized spacial score (nSPS) is 10.7. The fourth-order valence-electron chi connectivity index (χ4n) is 2.03. The van der Waals surface area contributed by atoms with Crippen molar-refractivity contribution < 1.29 is 53.5 Å². The zero-order chi connectivity index (χ0) is 25.7. The Balaban J connectivity index is 0. The molecule has 11 nitrogen and oxygen atoms in total. The molecule has 0 spiro atoms. The van der Waals surface area contributed by atoms with E-state index in [0.717, 1.165) is 19.3 Å². The van der Waals surface area contributed by atoms with Crippen molar-refractivity contribution in [2.75, 3.05) is 19.8 Å². The molecule has 0 fully saturated rings. The molecule has 0 aromatic rings. The molecule has 33 heavy (non-hydrogen) atoms. The van der Waals surface area contributed by atoms with E-state index < -0.39 is 48.3 Å². The summed E-state index contributed by atoms with van der Waals surface area (Å²) in [4.78, 5) is 55.0. The number of carboxylic acids is 2. The molecule has 0 amide bonds. The van der Waals surface area contributed by atoms with Crippen molar-refractivity contribution in [3.63, 3.8) is 0 Å². The van der Waals surface area contributed by atoms with Crippen LogP contribution in [0.1, 0.15) is 72.1 Å². The molecule has 0 atom stereocenters. The second-order valence-electron chi connectivity index (χ2n) is 7.03. The highest BCUT2D eigenvalue weighted by Gasteiger charge is 2.43. The minimum atomic E-state index is -2.26. The third-order valence-corrected chi connectivity index (χ3v) is 3.87. The van der Waals surface area contributed by atoms with Gasteiger partial charge in [-0.15, -0.1) is 0 Å². The number of carbonyl (C=O) groups excluding carboxylic acids is 3. The van der Waals surface area contributed by atoms with E-state index in [0.29, 0.717) is 31.4 Å². The predicted molar refractivity (Wildman–Crippen MR) is 116 cm³/mol. The summed E-state index contributed by atoms with van der Waals surface area (Å²) in [7, 11) is 0. The minimum absolute atomic E-state index is 0.118. The molecule has 0 heterocycles. The number of hydrogen-bond acceptors (Lipinski definition) is 9. The first-order valence-electron chi connectivity index (χ1n) is 10.9. The van der Waals surface area contributed by atoms with Gasteiger partial charge in [-0.2, -0.15) is 0 Å². The topological polar surface area (TPSA) is 174 Å². The summed E-state index contributed by atoms with van der Waals surface area (Å²) < 4.78 is 14.9. The standard InChI is InChI=1S/C18H32O7.C4H4O4/c1-4-7-10-23-15(19)13-18(22,17(21)25-12-9-6-3)14-16(20)24-11-8-5-2;5-3(6)1-2-4(7)8/h22H,4-14H2,1-3H3;1-2H,(H,5,6)(H,7,8)/b;2-1-. The van der Waals surface area contributed by atoms with E-state index >= 15 is 0 Å². The Morgan fingerprint density at radius 2 is 1.00 bits per heavy atom. The van der Waals surface area contributed by atoms with Gasteiger partial charge < -0.3 is 29.5 Å². The summed E-state index contributed by atoms with van der Waals surface area (Å²) in [5.74, 6) is -5.00. The lowest BCUT2D eigenvalue weighted by atomic mass is 9.95. The lowest BCUT2D eigenvalue weighted by Gasteiger charge is -2.24. The van der Waals surface area contributed by atoms with Crippen LogP contribution in [0.5, 0.6) is 0 Å². The fourth-order valence-corrected chi connectivity index (χ4v) is 2.03. The summed E-state index contributed by atoms with van der Waals surface area (Å²) in [5.41, 5.74) is -2.26. The molecule has 0 aliphatic heterocycles. The van der Waals surface area contributed by atoms with Gasteiger partial charge in [-0.25, -0.2) is 14.4 Å². The molecule has 0 aliphatic carbocycles. The van der Waals surface area contributed by atoms with Crippen LogP contribution in [0.15, 0.2) is 12.2 Å². The van der Waals surface area contributed by atoms with E-state index in [2.05, 4.69) is 0 Å². The van der Waals surface area contributed by atoms with E-state index in [-0.39, 0.29) is 19.8 Å². The third kappa shape index (κ3) is 19.5. The van der Waals surface area contributed by atoms with Crippen LogP contribution in [0.4, 0.5) is 0 Å². The van der Waals surface area contributed by atoms with E-state index in [1.807, 2.05) is 20.8 Å². The van der Waals surface area contributed by atoms with Crippen LogP contribution in [0.3, 0.4) is 0 Å². The van der Waals surface area contributed by atoms with Gasteiger partial charge in [0.05, 0.1) is 32.7 Å². The van der Waals surface area contributed by atoms with Crippen LogP contribution in [-0.2, 0) is 38.2 Å². The number of aliphatic carboxylic acids is 2. The van der Waals surface area contributed by atoms with E-state index in [4.69, 9.17) is 24.4 Å². The number of rotatable bonds is 16. The van der Waals surface area contributed by atoms with E-state index in [1.54, 1.807) is 0 Å². The number of esters is 3. The molecular weight excluding hydrogens is 440 g/mol. The van der Waals surface area contributed by atoms with Crippen molar-refractivity contribution in [1.82, 2.24) is 0 Å². The third-order valence-electron chi connectivity index (χ3n) is 3.87. The SMILES string of the molecule is CCCCOC(=O)CC(O)(CC(=O)OCCCC)C(=O)OCCCC.O=C(O)/C=C\C(=O)O. The van der Waals surface area contributed by atoms with Gasteiger partial charge >= 0.3 is 29.8 Å². The molecule has 0 unspecified atom stereocenters. The first-order valence-corrected chi connectivity index (χ1v) is 10.9. The highest BCUT2D eigenvalue weighted by molar-refractivity contribution is 5.90. The molecule has 190 valence electrons. The van der Waals surface area contributed by atoms with Crippen molar-refractivity contribution in [3.05, 3.63) is 12.2 Å². The van der Waals surface area contributed by atoms with Gasteiger partial charge in [0, 0.05) is 12.2 Å². The van der Waals surface area contributed by atoms with Crippen LogP contribution >= 0.6 is 0 Å². The number of hydrogen-bond donors (Lipinski definition) is 3. The molecule has 3 N–H and O–H groups in total.